The summed E-state index contributed by atoms with van der Waals surface area (Å²) in [4.78, 5) is 21.4. The highest BCUT2D eigenvalue weighted by Gasteiger charge is 2.23. The van der Waals surface area contributed by atoms with Crippen molar-refractivity contribution in [3.05, 3.63) is 108 Å². The Balaban J connectivity index is 1.48. The lowest BCUT2D eigenvalue weighted by atomic mass is 9.91. The minimum Gasteiger partial charge on any atom is -0.393 e. The van der Waals surface area contributed by atoms with E-state index in [0.717, 1.165) is 16.8 Å². The van der Waals surface area contributed by atoms with E-state index in [0.29, 0.717) is 5.82 Å². The van der Waals surface area contributed by atoms with E-state index < -0.39 is 5.92 Å². The molecule has 0 aliphatic rings. The summed E-state index contributed by atoms with van der Waals surface area (Å²) in [5, 5.41) is 0. The Morgan fingerprint density at radius 3 is 1.75 bits per heavy atom. The van der Waals surface area contributed by atoms with Crippen LogP contribution in [-0.4, -0.2) is 15.9 Å². The zero-order valence-electron chi connectivity index (χ0n) is 17.2. The molecule has 1 aromatic heterocycles. The van der Waals surface area contributed by atoms with E-state index in [-0.39, 0.29) is 17.4 Å². The number of nitrogens with two attached hydrogens (primary N) is 1. The molecule has 160 valence electrons. The molecule has 32 heavy (non-hydrogen) atoms. The van der Waals surface area contributed by atoms with Crippen LogP contribution in [0.5, 0.6) is 0 Å². The van der Waals surface area contributed by atoms with E-state index in [1.54, 1.807) is 0 Å². The highest BCUT2D eigenvalue weighted by molar-refractivity contribution is 5.88. The van der Waals surface area contributed by atoms with Gasteiger partial charge in [0.1, 0.15) is 12.0 Å². The van der Waals surface area contributed by atoms with Crippen LogP contribution in [0.2, 0.25) is 0 Å². The molecule has 0 aliphatic carbocycles. The van der Waals surface area contributed by atoms with Crippen molar-refractivity contribution in [2.24, 2.45) is 0 Å². The van der Waals surface area contributed by atoms with Gasteiger partial charge in [-0.2, -0.15) is 0 Å². The minimum atomic E-state index is -0.495. The summed E-state index contributed by atoms with van der Waals surface area (Å²) in [6, 6.07) is 28.7. The number of carbonyl (C=O) groups is 1. The van der Waals surface area contributed by atoms with Gasteiger partial charge in [0.2, 0.25) is 5.91 Å². The fraction of sp³-hybridized carbons (Fsp3) is 0.0417. The highest BCUT2D eigenvalue weighted by Crippen LogP contribution is 2.26. The molecule has 0 bridgehead atoms. The number of nitrogens with zero attached hydrogens (tertiary/aromatic N) is 2. The molecule has 8 nitrogen and oxygen atoms in total. The van der Waals surface area contributed by atoms with Crippen molar-refractivity contribution in [1.82, 2.24) is 15.4 Å². The van der Waals surface area contributed by atoms with Gasteiger partial charge < -0.3 is 5.73 Å². The molecule has 8 heteroatoms. The van der Waals surface area contributed by atoms with Gasteiger partial charge in [0.25, 0.3) is 0 Å². The Morgan fingerprint density at radius 1 is 0.688 bits per heavy atom. The van der Waals surface area contributed by atoms with Crippen molar-refractivity contribution in [3.8, 4) is 0 Å². The second-order valence-electron chi connectivity index (χ2n) is 6.97. The molecule has 0 saturated carbocycles. The Labute approximate surface area is 185 Å². The Bertz CT molecular complexity index is 1120. The smallest absolute Gasteiger partial charge is 0.250 e. The zero-order chi connectivity index (χ0) is 22.2. The number of carbonyl (C=O) groups excluding carboxylic acids is 1. The van der Waals surface area contributed by atoms with Gasteiger partial charge in [0.05, 0.1) is 11.6 Å². The molecule has 0 atom stereocenters. The number of benzene rings is 3. The van der Waals surface area contributed by atoms with Crippen LogP contribution in [0.15, 0.2) is 97.3 Å². The molecular formula is C24H23N7O. The number of aromatic nitrogens is 2. The van der Waals surface area contributed by atoms with Gasteiger partial charge in [-0.25, -0.2) is 9.97 Å². The fourth-order valence-corrected chi connectivity index (χ4v) is 3.23. The van der Waals surface area contributed by atoms with Gasteiger partial charge in [-0.05, 0) is 23.3 Å². The van der Waals surface area contributed by atoms with Gasteiger partial charge in [0, 0.05) is 0 Å². The summed E-state index contributed by atoms with van der Waals surface area (Å²) in [7, 11) is 0. The van der Waals surface area contributed by atoms with Crippen molar-refractivity contribution in [2.75, 3.05) is 22.0 Å². The molecule has 0 saturated heterocycles. The van der Waals surface area contributed by atoms with Crippen molar-refractivity contribution in [1.29, 1.82) is 0 Å². The number of hydrazine groups is 2. The van der Waals surface area contributed by atoms with Crippen LogP contribution >= 0.6 is 0 Å². The number of hydrogen-bond acceptors (Lipinski definition) is 7. The lowest BCUT2D eigenvalue weighted by Gasteiger charge is -2.19. The van der Waals surface area contributed by atoms with Gasteiger partial charge in [-0.1, -0.05) is 78.9 Å². The highest BCUT2D eigenvalue weighted by atomic mass is 16.2. The number of nitrogens with one attached hydrogen (secondary N) is 4. The first kappa shape index (κ1) is 20.7. The Kier molecular flexibility index (Phi) is 6.42. The van der Waals surface area contributed by atoms with Crippen molar-refractivity contribution in [3.63, 3.8) is 0 Å². The van der Waals surface area contributed by atoms with Crippen molar-refractivity contribution >= 4 is 28.9 Å². The SMILES string of the molecule is Nc1c(NNC(=O)C(c2ccccc2)c2ccccc2)ncnc1NNc1ccccc1. The van der Waals surface area contributed by atoms with Crippen LogP contribution in [0, 0.1) is 0 Å². The molecule has 0 radical (unpaired) electrons. The number of amides is 1. The Hall–Kier alpha value is -4.59. The summed E-state index contributed by atoms with van der Waals surface area (Å²) < 4.78 is 0. The van der Waals surface area contributed by atoms with E-state index in [4.69, 9.17) is 5.73 Å². The first-order valence-corrected chi connectivity index (χ1v) is 10.1. The van der Waals surface area contributed by atoms with Crippen molar-refractivity contribution in [2.45, 2.75) is 5.92 Å². The number of para-hydroxylation sites is 1. The van der Waals surface area contributed by atoms with Gasteiger partial charge >= 0.3 is 0 Å². The third kappa shape index (κ3) is 4.93. The zero-order valence-corrected chi connectivity index (χ0v) is 17.2. The summed E-state index contributed by atoms with van der Waals surface area (Å²) in [6.45, 7) is 0. The quantitative estimate of drug-likeness (QED) is 0.273. The number of anilines is 4. The second-order valence-corrected chi connectivity index (χ2v) is 6.97. The van der Waals surface area contributed by atoms with Crippen LogP contribution in [0.4, 0.5) is 23.0 Å². The largest absolute Gasteiger partial charge is 0.393 e. The molecular weight excluding hydrogens is 402 g/mol. The molecule has 1 amide bonds. The maximum absolute atomic E-state index is 13.1. The molecule has 6 N–H and O–H groups in total. The summed E-state index contributed by atoms with van der Waals surface area (Å²) >= 11 is 0. The normalized spacial score (nSPS) is 10.4. The Morgan fingerprint density at radius 2 is 1.19 bits per heavy atom. The molecule has 0 spiro atoms. The minimum absolute atomic E-state index is 0.239. The molecule has 4 aromatic rings. The van der Waals surface area contributed by atoms with E-state index in [1.807, 2.05) is 91.0 Å². The predicted octanol–water partition coefficient (Wildman–Crippen LogP) is 3.77. The van der Waals surface area contributed by atoms with Crippen LogP contribution < -0.4 is 27.4 Å². The molecule has 3 aromatic carbocycles. The number of hydrogen-bond donors (Lipinski definition) is 5. The third-order valence-electron chi connectivity index (χ3n) is 4.82. The van der Waals surface area contributed by atoms with Crippen LogP contribution in [-0.2, 0) is 4.79 Å². The predicted molar refractivity (Wildman–Crippen MR) is 127 cm³/mol. The summed E-state index contributed by atoms with van der Waals surface area (Å²) in [6.07, 6.45) is 1.35. The fourth-order valence-electron chi connectivity index (χ4n) is 3.23. The van der Waals surface area contributed by atoms with Crippen LogP contribution in [0.3, 0.4) is 0 Å². The van der Waals surface area contributed by atoms with Gasteiger partial charge in [0.15, 0.2) is 11.6 Å². The van der Waals surface area contributed by atoms with E-state index >= 15 is 0 Å². The maximum Gasteiger partial charge on any atom is 0.250 e. The number of rotatable bonds is 8. The van der Waals surface area contributed by atoms with E-state index in [9.17, 15) is 4.79 Å². The van der Waals surface area contributed by atoms with Gasteiger partial charge in [-0.3, -0.25) is 26.5 Å². The second kappa shape index (κ2) is 9.94. The lowest BCUT2D eigenvalue weighted by Crippen LogP contribution is -2.35. The molecule has 0 fully saturated rings. The average Bonchev–Trinajstić information content (AvgIpc) is 2.85. The van der Waals surface area contributed by atoms with Crippen molar-refractivity contribution < 1.29 is 4.79 Å². The summed E-state index contributed by atoms with van der Waals surface area (Å²) in [5.74, 6) is -0.0727. The van der Waals surface area contributed by atoms with Crippen LogP contribution in [0.25, 0.3) is 0 Å². The summed E-state index contributed by atoms with van der Waals surface area (Å²) in [5.41, 5.74) is 20.6. The first-order valence-electron chi connectivity index (χ1n) is 10.1. The third-order valence-corrected chi connectivity index (χ3v) is 4.82. The number of nitrogen functional groups attached to an aromatic ring is 1. The standard InChI is InChI=1S/C24H23N7O/c25-21-22(29-28-19-14-8-3-9-15-19)26-16-27-23(21)30-31-24(32)20(17-10-4-1-5-11-17)18-12-6-2-7-13-18/h1-16,20,28H,25H2,(H,31,32)(H2,26,27,29,30). The van der Waals surface area contributed by atoms with E-state index in [1.165, 1.54) is 6.33 Å². The van der Waals surface area contributed by atoms with E-state index in [2.05, 4.69) is 31.7 Å². The molecule has 4 rings (SSSR count). The average molecular weight is 425 g/mol. The van der Waals surface area contributed by atoms with Gasteiger partial charge in [-0.15, -0.1) is 0 Å². The van der Waals surface area contributed by atoms with Crippen LogP contribution in [0.1, 0.15) is 17.0 Å². The maximum atomic E-state index is 13.1. The molecule has 0 aliphatic heterocycles. The molecule has 0 unspecified atom stereocenters. The first-order chi connectivity index (χ1) is 15.7. The monoisotopic (exact) mass is 425 g/mol. The lowest BCUT2D eigenvalue weighted by molar-refractivity contribution is -0.121. The topological polar surface area (TPSA) is 117 Å². The molecule has 1 heterocycles.